The number of nitrogens with zero attached hydrogens (tertiary/aromatic N) is 3. The Balaban J connectivity index is 1.58. The van der Waals surface area contributed by atoms with Gasteiger partial charge in [-0.3, -0.25) is 0 Å². The van der Waals surface area contributed by atoms with Crippen LogP contribution in [-0.4, -0.2) is 30.6 Å². The van der Waals surface area contributed by atoms with Crippen molar-refractivity contribution in [1.29, 1.82) is 0 Å². The van der Waals surface area contributed by atoms with Crippen molar-refractivity contribution in [1.82, 2.24) is 15.6 Å². The summed E-state index contributed by atoms with van der Waals surface area (Å²) >= 11 is 0. The minimum Gasteiger partial charge on any atom is -0.357 e. The maximum Gasteiger partial charge on any atom is 0.191 e. The molecule has 2 aromatic rings. The summed E-state index contributed by atoms with van der Waals surface area (Å²) in [5, 5.41) is 6.72. The lowest BCUT2D eigenvalue weighted by atomic mass is 10.1. The summed E-state index contributed by atoms with van der Waals surface area (Å²) in [5.74, 6) is 1.92. The molecule has 0 aliphatic carbocycles. The first-order valence-electron chi connectivity index (χ1n) is 9.53. The van der Waals surface area contributed by atoms with Crippen LogP contribution >= 0.6 is 0 Å². The summed E-state index contributed by atoms with van der Waals surface area (Å²) in [7, 11) is 0. The van der Waals surface area contributed by atoms with Crippen molar-refractivity contribution in [2.45, 2.75) is 39.8 Å². The molecule has 0 saturated carbocycles. The molecule has 0 spiro atoms. The molecule has 2 N–H and O–H groups in total. The first kappa shape index (κ1) is 18.2. The van der Waals surface area contributed by atoms with E-state index in [0.29, 0.717) is 6.54 Å². The zero-order valence-electron chi connectivity index (χ0n) is 15.8. The fourth-order valence-corrected chi connectivity index (χ4v) is 3.14. The maximum atomic E-state index is 4.70. The number of nitrogens with one attached hydrogen (secondary N) is 2. The highest BCUT2D eigenvalue weighted by molar-refractivity contribution is 5.79. The zero-order chi connectivity index (χ0) is 18.2. The van der Waals surface area contributed by atoms with Crippen molar-refractivity contribution in [3.05, 3.63) is 59.3 Å². The minimum absolute atomic E-state index is 0.621. The quantitative estimate of drug-likeness (QED) is 0.620. The van der Waals surface area contributed by atoms with E-state index in [1.807, 2.05) is 6.20 Å². The Labute approximate surface area is 156 Å². The van der Waals surface area contributed by atoms with Gasteiger partial charge in [0.15, 0.2) is 5.96 Å². The van der Waals surface area contributed by atoms with Crippen LogP contribution in [0.25, 0.3) is 0 Å². The Morgan fingerprint density at radius 1 is 1.12 bits per heavy atom. The van der Waals surface area contributed by atoms with E-state index in [-0.39, 0.29) is 0 Å². The number of hydrogen-bond donors (Lipinski definition) is 2. The van der Waals surface area contributed by atoms with Crippen molar-refractivity contribution in [2.24, 2.45) is 4.99 Å². The third-order valence-electron chi connectivity index (χ3n) is 4.71. The average molecular weight is 351 g/mol. The number of pyridine rings is 1. The van der Waals surface area contributed by atoms with Gasteiger partial charge in [-0.2, -0.15) is 0 Å². The Morgan fingerprint density at radius 2 is 1.92 bits per heavy atom. The van der Waals surface area contributed by atoms with Gasteiger partial charge in [0.05, 0.1) is 6.54 Å². The molecule has 1 aliphatic rings. The second kappa shape index (κ2) is 9.22. The van der Waals surface area contributed by atoms with E-state index in [9.17, 15) is 0 Å². The fraction of sp³-hybridized carbons (Fsp3) is 0.429. The highest BCUT2D eigenvalue weighted by Crippen LogP contribution is 2.17. The Hall–Kier alpha value is -2.56. The molecule has 5 nitrogen and oxygen atoms in total. The molecule has 1 aromatic heterocycles. The molecule has 1 aromatic carbocycles. The van der Waals surface area contributed by atoms with Gasteiger partial charge in [-0.25, -0.2) is 9.98 Å². The van der Waals surface area contributed by atoms with Gasteiger partial charge in [0.1, 0.15) is 5.82 Å². The Morgan fingerprint density at radius 3 is 2.62 bits per heavy atom. The van der Waals surface area contributed by atoms with Crippen molar-refractivity contribution in [3.8, 4) is 0 Å². The largest absolute Gasteiger partial charge is 0.357 e. The second-order valence-corrected chi connectivity index (χ2v) is 6.69. The number of anilines is 1. The molecule has 0 atom stereocenters. The van der Waals surface area contributed by atoms with Crippen molar-refractivity contribution in [3.63, 3.8) is 0 Å². The molecule has 5 heteroatoms. The maximum absolute atomic E-state index is 4.70. The first-order chi connectivity index (χ1) is 12.8. The number of hydrogen-bond acceptors (Lipinski definition) is 3. The summed E-state index contributed by atoms with van der Waals surface area (Å²) < 4.78 is 0. The van der Waals surface area contributed by atoms with Crippen LogP contribution in [0.2, 0.25) is 0 Å². The van der Waals surface area contributed by atoms with Gasteiger partial charge in [-0.1, -0.05) is 30.3 Å². The molecular formula is C21H29N5. The average Bonchev–Trinajstić information content (AvgIpc) is 3.20. The Kier molecular flexibility index (Phi) is 6.47. The fourth-order valence-electron chi connectivity index (χ4n) is 3.14. The predicted molar refractivity (Wildman–Crippen MR) is 109 cm³/mol. The standard InChI is InChI=1S/C21H29N5/c1-3-22-21(25-16-19-9-5-4-8-17(19)2)24-15-18-10-11-20(23-14-18)26-12-6-7-13-26/h4-5,8-11,14H,3,6-7,12-13,15-16H2,1-2H3,(H2,22,24,25). The van der Waals surface area contributed by atoms with Crippen LogP contribution < -0.4 is 15.5 Å². The first-order valence-corrected chi connectivity index (χ1v) is 9.53. The third kappa shape index (κ3) is 4.97. The molecule has 138 valence electrons. The van der Waals surface area contributed by atoms with Crippen LogP contribution in [0.3, 0.4) is 0 Å². The van der Waals surface area contributed by atoms with E-state index >= 15 is 0 Å². The number of aromatic nitrogens is 1. The molecule has 3 rings (SSSR count). The van der Waals surface area contributed by atoms with E-state index < -0.39 is 0 Å². The number of benzene rings is 1. The monoisotopic (exact) mass is 351 g/mol. The van der Waals surface area contributed by atoms with Gasteiger partial charge in [0, 0.05) is 32.4 Å². The van der Waals surface area contributed by atoms with Crippen molar-refractivity contribution in [2.75, 3.05) is 24.5 Å². The molecule has 1 aliphatic heterocycles. The smallest absolute Gasteiger partial charge is 0.191 e. The van der Waals surface area contributed by atoms with Gasteiger partial charge in [-0.05, 0) is 49.4 Å². The van der Waals surface area contributed by atoms with Crippen LogP contribution in [-0.2, 0) is 13.1 Å². The van der Waals surface area contributed by atoms with Crippen molar-refractivity contribution < 1.29 is 0 Å². The van der Waals surface area contributed by atoms with Gasteiger partial charge >= 0.3 is 0 Å². The summed E-state index contributed by atoms with van der Waals surface area (Å²) in [6, 6.07) is 12.7. The van der Waals surface area contributed by atoms with Gasteiger partial charge in [0.25, 0.3) is 0 Å². The zero-order valence-corrected chi connectivity index (χ0v) is 15.8. The molecule has 1 saturated heterocycles. The molecule has 0 unspecified atom stereocenters. The lowest BCUT2D eigenvalue weighted by molar-refractivity contribution is 0.812. The van der Waals surface area contributed by atoms with Crippen molar-refractivity contribution >= 4 is 11.8 Å². The third-order valence-corrected chi connectivity index (χ3v) is 4.71. The number of aryl methyl sites for hydroxylation is 1. The lowest BCUT2D eigenvalue weighted by Gasteiger charge is -2.16. The molecule has 26 heavy (non-hydrogen) atoms. The van der Waals surface area contributed by atoms with Gasteiger partial charge in [-0.15, -0.1) is 0 Å². The summed E-state index contributed by atoms with van der Waals surface area (Å²) in [6.07, 6.45) is 4.49. The van der Waals surface area contributed by atoms with Crippen LogP contribution in [0, 0.1) is 6.92 Å². The van der Waals surface area contributed by atoms with Gasteiger partial charge in [0.2, 0.25) is 0 Å². The topological polar surface area (TPSA) is 52.6 Å². The summed E-state index contributed by atoms with van der Waals surface area (Å²) in [5.41, 5.74) is 3.70. The van der Waals surface area contributed by atoms with E-state index in [2.05, 4.69) is 70.8 Å². The second-order valence-electron chi connectivity index (χ2n) is 6.69. The van der Waals surface area contributed by atoms with Crippen LogP contribution in [0.5, 0.6) is 0 Å². The van der Waals surface area contributed by atoms with E-state index in [0.717, 1.165) is 43.5 Å². The minimum atomic E-state index is 0.621. The molecule has 1 fully saturated rings. The molecule has 2 heterocycles. The SMILES string of the molecule is CCNC(=NCc1ccc(N2CCCC2)nc1)NCc1ccccc1C. The molecule has 0 amide bonds. The highest BCUT2D eigenvalue weighted by atomic mass is 15.2. The molecule has 0 bridgehead atoms. The molecular weight excluding hydrogens is 322 g/mol. The number of rotatable bonds is 6. The summed E-state index contributed by atoms with van der Waals surface area (Å²) in [6.45, 7) is 8.69. The predicted octanol–water partition coefficient (Wildman–Crippen LogP) is 3.25. The van der Waals surface area contributed by atoms with E-state index in [1.165, 1.54) is 24.0 Å². The Bertz CT molecular complexity index is 717. The summed E-state index contributed by atoms with van der Waals surface area (Å²) in [4.78, 5) is 11.7. The lowest BCUT2D eigenvalue weighted by Crippen LogP contribution is -2.36. The van der Waals surface area contributed by atoms with Gasteiger partial charge < -0.3 is 15.5 Å². The van der Waals surface area contributed by atoms with Crippen LogP contribution in [0.15, 0.2) is 47.6 Å². The van der Waals surface area contributed by atoms with E-state index in [1.54, 1.807) is 0 Å². The van der Waals surface area contributed by atoms with E-state index in [4.69, 9.17) is 4.99 Å². The van der Waals surface area contributed by atoms with Crippen LogP contribution in [0.4, 0.5) is 5.82 Å². The number of guanidine groups is 1. The van der Waals surface area contributed by atoms with Crippen LogP contribution in [0.1, 0.15) is 36.5 Å². The normalized spacial score (nSPS) is 14.5. The molecule has 0 radical (unpaired) electrons. The number of aliphatic imine (C=N–C) groups is 1. The highest BCUT2D eigenvalue weighted by Gasteiger charge is 2.12.